The van der Waals surface area contributed by atoms with Crippen molar-refractivity contribution < 1.29 is 9.90 Å². The highest BCUT2D eigenvalue weighted by Crippen LogP contribution is 2.43. The van der Waals surface area contributed by atoms with Gasteiger partial charge in [0.05, 0.1) is 0 Å². The van der Waals surface area contributed by atoms with E-state index < -0.39 is 12.0 Å². The minimum absolute atomic E-state index is 0.539. The molecule has 2 saturated carbocycles. The summed E-state index contributed by atoms with van der Waals surface area (Å²) in [5, 5.41) is 12.6. The SMILES string of the molecule is O=C(O)C(NCC1CC1)c1ccccc1C1CC1. The van der Waals surface area contributed by atoms with Gasteiger partial charge in [0.25, 0.3) is 0 Å². The van der Waals surface area contributed by atoms with Crippen molar-refractivity contribution in [2.24, 2.45) is 5.92 Å². The van der Waals surface area contributed by atoms with E-state index in [0.29, 0.717) is 11.8 Å². The van der Waals surface area contributed by atoms with E-state index in [1.165, 1.54) is 31.2 Å². The van der Waals surface area contributed by atoms with Crippen LogP contribution < -0.4 is 5.32 Å². The normalized spacial score (nSPS) is 20.7. The number of nitrogens with one attached hydrogen (secondary N) is 1. The monoisotopic (exact) mass is 245 g/mol. The third-order valence-electron chi connectivity index (χ3n) is 3.88. The van der Waals surface area contributed by atoms with Crippen molar-refractivity contribution in [1.82, 2.24) is 5.32 Å². The highest BCUT2D eigenvalue weighted by Gasteiger charge is 2.31. The van der Waals surface area contributed by atoms with Crippen LogP contribution >= 0.6 is 0 Å². The molecule has 1 unspecified atom stereocenters. The summed E-state index contributed by atoms with van der Waals surface area (Å²) in [6, 6.07) is 7.46. The quantitative estimate of drug-likeness (QED) is 0.810. The van der Waals surface area contributed by atoms with E-state index in [1.807, 2.05) is 18.2 Å². The van der Waals surface area contributed by atoms with Crippen LogP contribution in [-0.2, 0) is 4.79 Å². The van der Waals surface area contributed by atoms with E-state index in [4.69, 9.17) is 0 Å². The topological polar surface area (TPSA) is 49.3 Å². The predicted octanol–water partition coefficient (Wildman–Crippen LogP) is 2.69. The van der Waals surface area contributed by atoms with Crippen LogP contribution in [0, 0.1) is 5.92 Å². The Labute approximate surface area is 107 Å². The molecule has 0 radical (unpaired) electrons. The molecule has 0 saturated heterocycles. The van der Waals surface area contributed by atoms with Crippen molar-refractivity contribution in [2.75, 3.05) is 6.54 Å². The molecule has 96 valence electrons. The molecule has 3 nitrogen and oxygen atoms in total. The highest BCUT2D eigenvalue weighted by atomic mass is 16.4. The molecule has 3 rings (SSSR count). The van der Waals surface area contributed by atoms with Crippen molar-refractivity contribution in [3.05, 3.63) is 35.4 Å². The zero-order valence-electron chi connectivity index (χ0n) is 10.4. The average Bonchev–Trinajstić information content (AvgIpc) is 3.24. The summed E-state index contributed by atoms with van der Waals surface area (Å²) in [5.74, 6) is 0.523. The molecule has 18 heavy (non-hydrogen) atoms. The van der Waals surface area contributed by atoms with E-state index in [9.17, 15) is 9.90 Å². The summed E-state index contributed by atoms with van der Waals surface area (Å²) in [4.78, 5) is 11.5. The second kappa shape index (κ2) is 4.73. The minimum atomic E-state index is -0.760. The maximum atomic E-state index is 11.5. The van der Waals surface area contributed by atoms with E-state index in [0.717, 1.165) is 12.1 Å². The molecule has 0 amide bonds. The van der Waals surface area contributed by atoms with Crippen LogP contribution in [0.5, 0.6) is 0 Å². The predicted molar refractivity (Wildman–Crippen MR) is 69.5 cm³/mol. The van der Waals surface area contributed by atoms with Gasteiger partial charge in [0.2, 0.25) is 0 Å². The summed E-state index contributed by atoms with van der Waals surface area (Å²) in [6.45, 7) is 0.829. The molecule has 2 N–H and O–H groups in total. The van der Waals surface area contributed by atoms with E-state index in [1.54, 1.807) is 0 Å². The fourth-order valence-corrected chi connectivity index (χ4v) is 2.48. The van der Waals surface area contributed by atoms with Crippen LogP contribution in [0.2, 0.25) is 0 Å². The van der Waals surface area contributed by atoms with E-state index >= 15 is 0 Å². The van der Waals surface area contributed by atoms with Crippen molar-refractivity contribution >= 4 is 5.97 Å². The lowest BCUT2D eigenvalue weighted by molar-refractivity contribution is -0.139. The Morgan fingerprint density at radius 2 is 2.00 bits per heavy atom. The van der Waals surface area contributed by atoms with E-state index in [-0.39, 0.29) is 0 Å². The second-order valence-electron chi connectivity index (χ2n) is 5.53. The number of benzene rings is 1. The lowest BCUT2D eigenvalue weighted by atomic mass is 9.97. The second-order valence-corrected chi connectivity index (χ2v) is 5.53. The van der Waals surface area contributed by atoms with Crippen LogP contribution in [0.4, 0.5) is 0 Å². The van der Waals surface area contributed by atoms with Gasteiger partial charge in [-0.2, -0.15) is 0 Å². The summed E-state index contributed by atoms with van der Waals surface area (Å²) < 4.78 is 0. The Balaban J connectivity index is 1.81. The van der Waals surface area contributed by atoms with Gasteiger partial charge in [-0.15, -0.1) is 0 Å². The van der Waals surface area contributed by atoms with Crippen LogP contribution in [0.1, 0.15) is 48.8 Å². The zero-order valence-corrected chi connectivity index (χ0v) is 10.4. The molecule has 1 aromatic carbocycles. The number of hydrogen-bond donors (Lipinski definition) is 2. The molecule has 2 aliphatic rings. The molecule has 2 fully saturated rings. The first-order chi connectivity index (χ1) is 8.75. The lowest BCUT2D eigenvalue weighted by Gasteiger charge is -2.18. The van der Waals surface area contributed by atoms with Gasteiger partial charge in [-0.3, -0.25) is 4.79 Å². The molecule has 0 bridgehead atoms. The third kappa shape index (κ3) is 2.56. The third-order valence-corrected chi connectivity index (χ3v) is 3.88. The smallest absolute Gasteiger partial charge is 0.325 e. The van der Waals surface area contributed by atoms with Crippen molar-refractivity contribution in [2.45, 2.75) is 37.6 Å². The standard InChI is InChI=1S/C15H19NO2/c17-15(18)14(16-9-10-5-6-10)13-4-2-1-3-12(13)11-7-8-11/h1-4,10-11,14,16H,5-9H2,(H,17,18). The maximum Gasteiger partial charge on any atom is 0.325 e. The Bertz CT molecular complexity index is 450. The first kappa shape index (κ1) is 11.7. The lowest BCUT2D eigenvalue weighted by Crippen LogP contribution is -2.30. The first-order valence-electron chi connectivity index (χ1n) is 6.80. The first-order valence-corrected chi connectivity index (χ1v) is 6.80. The number of carboxylic acids is 1. The van der Waals surface area contributed by atoms with Crippen LogP contribution in [0.15, 0.2) is 24.3 Å². The largest absolute Gasteiger partial charge is 0.480 e. The molecule has 3 heteroatoms. The summed E-state index contributed by atoms with van der Waals surface area (Å²) in [7, 11) is 0. The zero-order chi connectivity index (χ0) is 12.5. The molecule has 0 aliphatic heterocycles. The Morgan fingerprint density at radius 3 is 2.61 bits per heavy atom. The number of carboxylic acid groups (broad SMARTS) is 1. The molecule has 1 atom stereocenters. The Kier molecular flexibility index (Phi) is 3.08. The fraction of sp³-hybridized carbons (Fsp3) is 0.533. The van der Waals surface area contributed by atoms with Crippen LogP contribution in [0.3, 0.4) is 0 Å². The van der Waals surface area contributed by atoms with Crippen LogP contribution in [-0.4, -0.2) is 17.6 Å². The number of carbonyl (C=O) groups is 1. The van der Waals surface area contributed by atoms with Crippen molar-refractivity contribution in [3.8, 4) is 0 Å². The van der Waals surface area contributed by atoms with E-state index in [2.05, 4.69) is 11.4 Å². The Morgan fingerprint density at radius 1 is 1.28 bits per heavy atom. The Hall–Kier alpha value is -1.35. The molecular formula is C15H19NO2. The van der Waals surface area contributed by atoms with Gasteiger partial charge in [-0.25, -0.2) is 0 Å². The minimum Gasteiger partial charge on any atom is -0.480 e. The summed E-state index contributed by atoms with van der Waals surface area (Å²) in [6.07, 6.45) is 4.88. The number of aliphatic carboxylic acids is 1. The van der Waals surface area contributed by atoms with Gasteiger partial charge < -0.3 is 10.4 Å². The molecule has 0 spiro atoms. The average molecular weight is 245 g/mol. The highest BCUT2D eigenvalue weighted by molar-refractivity contribution is 5.76. The van der Waals surface area contributed by atoms with Crippen molar-refractivity contribution in [1.29, 1.82) is 0 Å². The number of hydrogen-bond acceptors (Lipinski definition) is 2. The van der Waals surface area contributed by atoms with Gasteiger partial charge in [-0.05, 0) is 55.2 Å². The van der Waals surface area contributed by atoms with Crippen LogP contribution in [0.25, 0.3) is 0 Å². The van der Waals surface area contributed by atoms with Gasteiger partial charge in [-0.1, -0.05) is 24.3 Å². The van der Waals surface area contributed by atoms with Gasteiger partial charge in [0.15, 0.2) is 0 Å². The summed E-state index contributed by atoms with van der Waals surface area (Å²) >= 11 is 0. The molecule has 0 aromatic heterocycles. The van der Waals surface area contributed by atoms with Gasteiger partial charge >= 0.3 is 5.97 Å². The molecule has 1 aromatic rings. The van der Waals surface area contributed by atoms with Gasteiger partial charge in [0.1, 0.15) is 6.04 Å². The maximum absolute atomic E-state index is 11.5. The number of rotatable bonds is 6. The van der Waals surface area contributed by atoms with Crippen molar-refractivity contribution in [3.63, 3.8) is 0 Å². The molecule has 0 heterocycles. The van der Waals surface area contributed by atoms with Gasteiger partial charge in [0, 0.05) is 0 Å². The summed E-state index contributed by atoms with van der Waals surface area (Å²) in [5.41, 5.74) is 2.20. The molecule has 2 aliphatic carbocycles. The fourth-order valence-electron chi connectivity index (χ4n) is 2.48. The molecular weight excluding hydrogens is 226 g/mol.